The molecule has 4 rings (SSSR count). The molecule has 1 amide bonds. The number of carbonyl (C=O) groups is 3. The van der Waals surface area contributed by atoms with Gasteiger partial charge in [-0.15, -0.1) is 0 Å². The Hall–Kier alpha value is -2.37. The summed E-state index contributed by atoms with van der Waals surface area (Å²) >= 11 is 0. The maximum Gasteiger partial charge on any atom is 0.337 e. The highest BCUT2D eigenvalue weighted by atomic mass is 16.6. The van der Waals surface area contributed by atoms with Crippen molar-refractivity contribution < 1.29 is 23.9 Å². The van der Waals surface area contributed by atoms with Crippen LogP contribution in [0, 0.1) is 23.7 Å². The van der Waals surface area contributed by atoms with E-state index in [2.05, 4.69) is 10.1 Å². The molecule has 0 radical (unpaired) electrons. The number of anilines is 1. The van der Waals surface area contributed by atoms with Gasteiger partial charge in [0.2, 0.25) is 5.91 Å². The van der Waals surface area contributed by atoms with Gasteiger partial charge in [0, 0.05) is 11.6 Å². The Balaban J connectivity index is 1.48. The number of benzene rings is 1. The second kappa shape index (κ2) is 5.08. The Bertz CT molecular complexity index is 681. The molecule has 6 nitrogen and oxygen atoms in total. The predicted molar refractivity (Wildman–Crippen MR) is 79.5 cm³/mol. The van der Waals surface area contributed by atoms with E-state index >= 15 is 0 Å². The molecule has 1 saturated heterocycles. The van der Waals surface area contributed by atoms with Gasteiger partial charge in [-0.3, -0.25) is 9.59 Å². The maximum absolute atomic E-state index is 12.6. The molecular weight excluding hydrogens is 298 g/mol. The highest BCUT2D eigenvalue weighted by molar-refractivity contribution is 5.97. The second-order valence-electron chi connectivity index (χ2n) is 6.48. The van der Waals surface area contributed by atoms with Crippen molar-refractivity contribution in [1.82, 2.24) is 0 Å². The molecule has 1 aromatic carbocycles. The van der Waals surface area contributed by atoms with Crippen LogP contribution in [0.25, 0.3) is 0 Å². The monoisotopic (exact) mass is 315 g/mol. The van der Waals surface area contributed by atoms with Crippen molar-refractivity contribution in [1.29, 1.82) is 0 Å². The first-order chi connectivity index (χ1) is 11.1. The first kappa shape index (κ1) is 14.2. The van der Waals surface area contributed by atoms with Gasteiger partial charge in [-0.05, 0) is 43.0 Å². The van der Waals surface area contributed by atoms with E-state index in [1.165, 1.54) is 7.11 Å². The lowest BCUT2D eigenvalue weighted by Gasteiger charge is -2.23. The van der Waals surface area contributed by atoms with Crippen LogP contribution in [0.4, 0.5) is 5.69 Å². The van der Waals surface area contributed by atoms with Crippen LogP contribution in [-0.2, 0) is 19.1 Å². The predicted octanol–water partition coefficient (Wildman–Crippen LogP) is 1.61. The van der Waals surface area contributed by atoms with Crippen molar-refractivity contribution >= 4 is 23.5 Å². The van der Waals surface area contributed by atoms with Gasteiger partial charge in [0.05, 0.1) is 24.5 Å². The summed E-state index contributed by atoms with van der Waals surface area (Å²) in [4.78, 5) is 36.0. The van der Waals surface area contributed by atoms with Gasteiger partial charge >= 0.3 is 11.9 Å². The number of amides is 1. The summed E-state index contributed by atoms with van der Waals surface area (Å²) in [5.41, 5.74) is 1.03. The molecule has 2 aliphatic carbocycles. The zero-order valence-corrected chi connectivity index (χ0v) is 12.7. The number of nitrogens with one attached hydrogen (secondary N) is 1. The zero-order valence-electron chi connectivity index (χ0n) is 12.7. The Morgan fingerprint density at radius 3 is 2.65 bits per heavy atom. The van der Waals surface area contributed by atoms with Crippen LogP contribution >= 0.6 is 0 Å². The second-order valence-corrected chi connectivity index (χ2v) is 6.48. The fourth-order valence-electron chi connectivity index (χ4n) is 4.40. The van der Waals surface area contributed by atoms with Crippen molar-refractivity contribution in [3.05, 3.63) is 29.8 Å². The third kappa shape index (κ3) is 2.12. The highest BCUT2D eigenvalue weighted by Crippen LogP contribution is 2.57. The number of methoxy groups -OCH3 is 1. The minimum Gasteiger partial charge on any atom is -0.465 e. The quantitative estimate of drug-likeness (QED) is 0.857. The standard InChI is InChI=1S/C17H17NO5/c1-22-16(20)8-2-4-10(5-3-8)18-15(19)13-9-6-11-12(7-9)23-17(21)14(11)13/h2-5,9,11-14H,6-7H2,1H3,(H,18,19)/t9-,11+,12+,13-,14+/m1/s1. The van der Waals surface area contributed by atoms with Gasteiger partial charge in [0.25, 0.3) is 0 Å². The van der Waals surface area contributed by atoms with E-state index in [0.717, 1.165) is 12.8 Å². The molecule has 0 spiro atoms. The molecule has 3 fully saturated rings. The molecule has 3 aliphatic rings. The minimum absolute atomic E-state index is 0.0286. The number of hydrogen-bond donors (Lipinski definition) is 1. The fourth-order valence-corrected chi connectivity index (χ4v) is 4.40. The SMILES string of the molecule is COC(=O)c1ccc(NC(=O)[C@@H]2[C@@H]3C[C@@H]4[C@@H]2C(=O)O[C@H]4C3)cc1. The number of esters is 2. The van der Waals surface area contributed by atoms with Crippen LogP contribution in [0.15, 0.2) is 24.3 Å². The topological polar surface area (TPSA) is 81.7 Å². The van der Waals surface area contributed by atoms with Crippen molar-refractivity contribution in [2.45, 2.75) is 18.9 Å². The average Bonchev–Trinajstić information content (AvgIpc) is 3.16. The molecule has 5 atom stereocenters. The average molecular weight is 315 g/mol. The van der Waals surface area contributed by atoms with E-state index < -0.39 is 5.97 Å². The molecular formula is C17H17NO5. The van der Waals surface area contributed by atoms with Gasteiger partial charge in [-0.1, -0.05) is 0 Å². The van der Waals surface area contributed by atoms with Crippen LogP contribution in [0.5, 0.6) is 0 Å². The molecule has 23 heavy (non-hydrogen) atoms. The molecule has 6 heteroatoms. The summed E-state index contributed by atoms with van der Waals surface area (Å²) in [6, 6.07) is 6.52. The lowest BCUT2D eigenvalue weighted by atomic mass is 9.79. The number of carbonyl (C=O) groups excluding carboxylic acids is 3. The third-order valence-corrected chi connectivity index (χ3v) is 5.36. The molecule has 1 aromatic rings. The van der Waals surface area contributed by atoms with E-state index in [1.807, 2.05) is 0 Å². The summed E-state index contributed by atoms with van der Waals surface area (Å²) in [6.45, 7) is 0. The molecule has 120 valence electrons. The van der Waals surface area contributed by atoms with E-state index in [4.69, 9.17) is 4.74 Å². The summed E-state index contributed by atoms with van der Waals surface area (Å²) in [6.07, 6.45) is 1.73. The molecule has 2 saturated carbocycles. The number of hydrogen-bond acceptors (Lipinski definition) is 5. The van der Waals surface area contributed by atoms with Crippen LogP contribution < -0.4 is 5.32 Å². The Morgan fingerprint density at radius 1 is 1.22 bits per heavy atom. The van der Waals surface area contributed by atoms with Crippen LogP contribution in [0.1, 0.15) is 23.2 Å². The van der Waals surface area contributed by atoms with Gasteiger partial charge in [0.1, 0.15) is 6.10 Å². The summed E-state index contributed by atoms with van der Waals surface area (Å²) in [7, 11) is 1.32. The van der Waals surface area contributed by atoms with E-state index in [-0.39, 0.29) is 41.7 Å². The van der Waals surface area contributed by atoms with Gasteiger partial charge in [-0.2, -0.15) is 0 Å². The maximum atomic E-state index is 12.6. The molecule has 1 heterocycles. The Labute approximate surface area is 133 Å². The number of ether oxygens (including phenoxy) is 2. The van der Waals surface area contributed by atoms with Crippen molar-refractivity contribution in [2.75, 3.05) is 12.4 Å². The third-order valence-electron chi connectivity index (χ3n) is 5.36. The number of rotatable bonds is 3. The normalized spacial score (nSPS) is 33.4. The van der Waals surface area contributed by atoms with Crippen LogP contribution in [-0.4, -0.2) is 31.1 Å². The van der Waals surface area contributed by atoms with Crippen molar-refractivity contribution in [2.24, 2.45) is 23.7 Å². The van der Waals surface area contributed by atoms with Crippen LogP contribution in [0.2, 0.25) is 0 Å². The molecule has 1 N–H and O–H groups in total. The molecule has 2 bridgehead atoms. The summed E-state index contributed by atoms with van der Waals surface area (Å²) in [5.74, 6) is -0.914. The van der Waals surface area contributed by atoms with E-state index in [0.29, 0.717) is 11.3 Å². The fraction of sp³-hybridized carbons (Fsp3) is 0.471. The summed E-state index contributed by atoms with van der Waals surface area (Å²) in [5, 5.41) is 2.86. The number of fused-ring (bicyclic) bond motifs is 1. The summed E-state index contributed by atoms with van der Waals surface area (Å²) < 4.78 is 9.99. The van der Waals surface area contributed by atoms with Gasteiger partial charge in [0.15, 0.2) is 0 Å². The first-order valence-corrected chi connectivity index (χ1v) is 7.78. The Kier molecular flexibility index (Phi) is 3.14. The van der Waals surface area contributed by atoms with Gasteiger partial charge < -0.3 is 14.8 Å². The van der Waals surface area contributed by atoms with E-state index in [1.54, 1.807) is 24.3 Å². The molecule has 0 unspecified atom stereocenters. The lowest BCUT2D eigenvalue weighted by Crippen LogP contribution is -2.35. The van der Waals surface area contributed by atoms with E-state index in [9.17, 15) is 14.4 Å². The van der Waals surface area contributed by atoms with Gasteiger partial charge in [-0.25, -0.2) is 4.79 Å². The largest absolute Gasteiger partial charge is 0.465 e. The zero-order chi connectivity index (χ0) is 16.1. The minimum atomic E-state index is -0.421. The van der Waals surface area contributed by atoms with Crippen molar-refractivity contribution in [3.63, 3.8) is 0 Å². The lowest BCUT2D eigenvalue weighted by molar-refractivity contribution is -0.145. The molecule has 1 aliphatic heterocycles. The smallest absolute Gasteiger partial charge is 0.337 e. The van der Waals surface area contributed by atoms with Crippen molar-refractivity contribution in [3.8, 4) is 0 Å². The first-order valence-electron chi connectivity index (χ1n) is 7.78. The Morgan fingerprint density at radius 2 is 1.96 bits per heavy atom. The highest BCUT2D eigenvalue weighted by Gasteiger charge is 2.63. The molecule has 0 aromatic heterocycles. The van der Waals surface area contributed by atoms with Crippen LogP contribution in [0.3, 0.4) is 0 Å².